The topological polar surface area (TPSA) is 49.4 Å². The zero-order valence-electron chi connectivity index (χ0n) is 6.28. The first-order valence-corrected chi connectivity index (χ1v) is 5.17. The van der Waals surface area contributed by atoms with Gasteiger partial charge in [-0.2, -0.15) is 0 Å². The van der Waals surface area contributed by atoms with E-state index < -0.39 is 22.2 Å². The zero-order chi connectivity index (χ0) is 9.84. The van der Waals surface area contributed by atoms with Gasteiger partial charge in [0.25, 0.3) is 0 Å². The Balaban J connectivity index is 2.76. The molecule has 0 spiro atoms. The first-order chi connectivity index (χ1) is 6.09. The van der Waals surface area contributed by atoms with Crippen LogP contribution in [0.2, 0.25) is 0 Å². The number of benzene rings is 1. The van der Waals surface area contributed by atoms with E-state index in [0.717, 1.165) is 0 Å². The summed E-state index contributed by atoms with van der Waals surface area (Å²) in [5, 5.41) is -0.846. The monoisotopic (exact) mass is 267 g/mol. The molecule has 0 fully saturated rings. The summed E-state index contributed by atoms with van der Waals surface area (Å²) in [6.07, 6.45) is 0. The Bertz CT molecular complexity index is 320. The van der Waals surface area contributed by atoms with Gasteiger partial charge in [0, 0.05) is 0 Å². The molecule has 6 heteroatoms. The highest BCUT2D eigenvalue weighted by molar-refractivity contribution is 9.09. The van der Waals surface area contributed by atoms with E-state index in [2.05, 4.69) is 20.1 Å². The Kier molecular flexibility index (Phi) is 3.98. The third-order valence-electron chi connectivity index (χ3n) is 1.27. The second-order valence-electron chi connectivity index (χ2n) is 2.17. The number of halogens is 2. The van der Waals surface area contributed by atoms with Gasteiger partial charge in [0.15, 0.2) is 5.01 Å². The maximum atomic E-state index is 12.6. The third-order valence-corrected chi connectivity index (χ3v) is 2.59. The van der Waals surface area contributed by atoms with Gasteiger partial charge < -0.3 is 4.55 Å². The van der Waals surface area contributed by atoms with E-state index in [0.29, 0.717) is 5.56 Å². The lowest BCUT2D eigenvalue weighted by molar-refractivity contribution is 0.287. The van der Waals surface area contributed by atoms with Crippen molar-refractivity contribution in [1.82, 2.24) is 0 Å². The van der Waals surface area contributed by atoms with Crippen LogP contribution in [0.1, 0.15) is 10.6 Å². The van der Waals surface area contributed by atoms with E-state index in [9.17, 15) is 13.2 Å². The maximum absolute atomic E-state index is 12.6. The van der Waals surface area contributed by atoms with Crippen molar-refractivity contribution in [2.45, 2.75) is 5.01 Å². The van der Waals surface area contributed by atoms with Crippen LogP contribution < -0.4 is 0 Å². The molecule has 0 bridgehead atoms. The van der Waals surface area contributed by atoms with Gasteiger partial charge in [-0.1, -0.05) is 28.1 Å². The quantitative estimate of drug-likeness (QED) is 0.622. The smallest absolute Gasteiger partial charge is 0.153 e. The van der Waals surface area contributed by atoms with E-state index in [-0.39, 0.29) is 0 Å². The Morgan fingerprint density at radius 3 is 2.85 bits per heavy atom. The molecule has 0 aliphatic rings. The second kappa shape index (κ2) is 4.80. The molecule has 1 rings (SSSR count). The molecule has 1 aromatic carbocycles. The van der Waals surface area contributed by atoms with Crippen molar-refractivity contribution in [3.05, 3.63) is 35.6 Å². The van der Waals surface area contributed by atoms with E-state index >= 15 is 0 Å². The minimum absolute atomic E-state index is 0.407. The normalized spacial score (nSPS) is 15.3. The highest BCUT2D eigenvalue weighted by atomic mass is 79.9. The van der Waals surface area contributed by atoms with Crippen LogP contribution >= 0.6 is 15.9 Å². The molecular weight excluding hydrogens is 263 g/mol. The third kappa shape index (κ3) is 3.51. The molecular formula is C7H5BrFO3S-. The summed E-state index contributed by atoms with van der Waals surface area (Å²) in [7, 11) is 0. The summed E-state index contributed by atoms with van der Waals surface area (Å²) in [4.78, 5) is 0. The lowest BCUT2D eigenvalue weighted by Crippen LogP contribution is -1.99. The van der Waals surface area contributed by atoms with Crippen molar-refractivity contribution < 1.29 is 17.3 Å². The zero-order valence-corrected chi connectivity index (χ0v) is 8.68. The molecule has 0 saturated carbocycles. The predicted molar refractivity (Wildman–Crippen MR) is 48.1 cm³/mol. The Hall–Kier alpha value is -0.300. The first kappa shape index (κ1) is 10.8. The van der Waals surface area contributed by atoms with Gasteiger partial charge in [0.05, 0.1) is 11.4 Å². The second-order valence-corrected chi connectivity index (χ2v) is 3.60. The standard InChI is InChI=1S/C7H6BrFO3S/c8-7(12-13(10)11)5-2-1-3-6(9)4-5/h1-4,7H,(H,10,11)/p-1. The fourth-order valence-electron chi connectivity index (χ4n) is 0.772. The lowest BCUT2D eigenvalue weighted by Gasteiger charge is -2.12. The summed E-state index contributed by atoms with van der Waals surface area (Å²) in [6, 6.07) is 5.47. The van der Waals surface area contributed by atoms with Crippen LogP contribution in [0.3, 0.4) is 0 Å². The van der Waals surface area contributed by atoms with Crippen molar-refractivity contribution in [2.75, 3.05) is 0 Å². The van der Waals surface area contributed by atoms with Crippen LogP contribution in [0.5, 0.6) is 0 Å². The van der Waals surface area contributed by atoms with Gasteiger partial charge in [-0.3, -0.25) is 4.18 Å². The summed E-state index contributed by atoms with van der Waals surface area (Å²) in [5.41, 5.74) is 0.407. The SMILES string of the molecule is O=S([O-])OC(Br)c1cccc(F)c1. The largest absolute Gasteiger partial charge is 0.750 e. The van der Waals surface area contributed by atoms with Crippen LogP contribution in [-0.2, 0) is 15.5 Å². The van der Waals surface area contributed by atoms with Gasteiger partial charge in [0.2, 0.25) is 0 Å². The highest BCUT2D eigenvalue weighted by Gasteiger charge is 2.08. The first-order valence-electron chi connectivity index (χ1n) is 3.25. The number of rotatable bonds is 3. The van der Waals surface area contributed by atoms with Gasteiger partial charge >= 0.3 is 0 Å². The van der Waals surface area contributed by atoms with Gasteiger partial charge in [-0.15, -0.1) is 0 Å². The molecule has 13 heavy (non-hydrogen) atoms. The molecule has 0 radical (unpaired) electrons. The van der Waals surface area contributed by atoms with Crippen LogP contribution in [0.15, 0.2) is 24.3 Å². The fraction of sp³-hybridized carbons (Fsp3) is 0.143. The highest BCUT2D eigenvalue weighted by Crippen LogP contribution is 2.24. The molecule has 1 aromatic rings. The molecule has 0 aromatic heterocycles. The predicted octanol–water partition coefficient (Wildman–Crippen LogP) is 2.03. The van der Waals surface area contributed by atoms with Gasteiger partial charge in [0.1, 0.15) is 5.82 Å². The van der Waals surface area contributed by atoms with Crippen molar-refractivity contribution in [2.24, 2.45) is 0 Å². The minimum Gasteiger partial charge on any atom is -0.750 e. The van der Waals surface area contributed by atoms with E-state index in [1.54, 1.807) is 6.07 Å². The summed E-state index contributed by atoms with van der Waals surface area (Å²) in [5.74, 6) is -0.442. The van der Waals surface area contributed by atoms with Crippen LogP contribution in [0.4, 0.5) is 4.39 Å². The molecule has 0 saturated heterocycles. The number of alkyl halides is 1. The van der Waals surface area contributed by atoms with Crippen LogP contribution in [0, 0.1) is 5.82 Å². The number of hydrogen-bond acceptors (Lipinski definition) is 3. The van der Waals surface area contributed by atoms with E-state index in [1.807, 2.05) is 0 Å². The molecule has 0 aliphatic heterocycles. The molecule has 0 amide bonds. The molecule has 3 nitrogen and oxygen atoms in total. The maximum Gasteiger partial charge on any atom is 0.153 e. The van der Waals surface area contributed by atoms with E-state index in [4.69, 9.17) is 0 Å². The van der Waals surface area contributed by atoms with E-state index in [1.165, 1.54) is 18.2 Å². The lowest BCUT2D eigenvalue weighted by atomic mass is 10.2. The molecule has 2 unspecified atom stereocenters. The molecule has 2 atom stereocenters. The Labute approximate surface area is 85.5 Å². The minimum atomic E-state index is -2.62. The van der Waals surface area contributed by atoms with Crippen molar-refractivity contribution >= 4 is 27.3 Å². The summed E-state index contributed by atoms with van der Waals surface area (Å²) < 4.78 is 37.2. The Morgan fingerprint density at radius 2 is 2.31 bits per heavy atom. The van der Waals surface area contributed by atoms with Crippen LogP contribution in [-0.4, -0.2) is 8.76 Å². The fourth-order valence-corrected chi connectivity index (χ4v) is 1.68. The molecule has 72 valence electrons. The average molecular weight is 268 g/mol. The molecule has 0 aliphatic carbocycles. The van der Waals surface area contributed by atoms with Gasteiger partial charge in [-0.25, -0.2) is 8.60 Å². The van der Waals surface area contributed by atoms with Crippen molar-refractivity contribution in [3.8, 4) is 0 Å². The van der Waals surface area contributed by atoms with Crippen molar-refractivity contribution in [1.29, 1.82) is 0 Å². The number of hydrogen-bond donors (Lipinski definition) is 0. The molecule has 0 heterocycles. The summed E-state index contributed by atoms with van der Waals surface area (Å²) in [6.45, 7) is 0. The Morgan fingerprint density at radius 1 is 1.62 bits per heavy atom. The summed E-state index contributed by atoms with van der Waals surface area (Å²) >= 11 is 0.317. The molecule has 0 N–H and O–H groups in total. The van der Waals surface area contributed by atoms with Crippen LogP contribution in [0.25, 0.3) is 0 Å². The van der Waals surface area contributed by atoms with Gasteiger partial charge in [-0.05, 0) is 17.7 Å². The average Bonchev–Trinajstić information content (AvgIpc) is 2.03. The van der Waals surface area contributed by atoms with Crippen molar-refractivity contribution in [3.63, 3.8) is 0 Å².